The topological polar surface area (TPSA) is 76.8 Å². The summed E-state index contributed by atoms with van der Waals surface area (Å²) in [7, 11) is 3.52. The standard InChI is InChI=1S/C11H14N6OS/c1-7-8(6-13-16(7)2)14-11(19)15-10(18)9-4-5-12-17(9)3/h4-6H,1-3H3,(H2,14,15,18,19). The summed E-state index contributed by atoms with van der Waals surface area (Å²) in [4.78, 5) is 11.9. The number of hydrogen-bond acceptors (Lipinski definition) is 4. The molecule has 0 saturated heterocycles. The minimum atomic E-state index is -0.306. The molecule has 0 spiro atoms. The minimum Gasteiger partial charge on any atom is -0.330 e. The van der Waals surface area contributed by atoms with Gasteiger partial charge in [-0.05, 0) is 25.2 Å². The van der Waals surface area contributed by atoms with Crippen LogP contribution >= 0.6 is 12.2 Å². The molecule has 0 aliphatic carbocycles. The fraction of sp³-hybridized carbons (Fsp3) is 0.273. The van der Waals surface area contributed by atoms with Crippen LogP contribution in [-0.4, -0.2) is 30.6 Å². The number of nitrogens with zero attached hydrogens (tertiary/aromatic N) is 4. The lowest BCUT2D eigenvalue weighted by Gasteiger charge is -2.09. The van der Waals surface area contributed by atoms with Crippen molar-refractivity contribution in [3.8, 4) is 0 Å². The number of carbonyl (C=O) groups is 1. The van der Waals surface area contributed by atoms with E-state index >= 15 is 0 Å². The molecule has 0 radical (unpaired) electrons. The molecule has 7 nitrogen and oxygen atoms in total. The van der Waals surface area contributed by atoms with Gasteiger partial charge in [0.15, 0.2) is 5.11 Å². The van der Waals surface area contributed by atoms with Crippen molar-refractivity contribution in [1.82, 2.24) is 24.9 Å². The van der Waals surface area contributed by atoms with E-state index in [4.69, 9.17) is 12.2 Å². The number of rotatable bonds is 2. The van der Waals surface area contributed by atoms with Crippen molar-refractivity contribution >= 4 is 28.9 Å². The molecule has 0 atom stereocenters. The van der Waals surface area contributed by atoms with E-state index in [1.807, 2.05) is 14.0 Å². The maximum atomic E-state index is 11.9. The predicted molar refractivity (Wildman–Crippen MR) is 74.8 cm³/mol. The third-order valence-corrected chi connectivity index (χ3v) is 2.97. The number of amides is 1. The first kappa shape index (κ1) is 13.2. The summed E-state index contributed by atoms with van der Waals surface area (Å²) in [5.74, 6) is -0.306. The molecule has 2 aromatic rings. The molecule has 0 unspecified atom stereocenters. The fourth-order valence-electron chi connectivity index (χ4n) is 1.54. The summed E-state index contributed by atoms with van der Waals surface area (Å²) in [5, 5.41) is 13.8. The molecule has 2 N–H and O–H groups in total. The highest BCUT2D eigenvalue weighted by Gasteiger charge is 2.12. The van der Waals surface area contributed by atoms with E-state index in [1.54, 1.807) is 30.2 Å². The molecule has 0 aromatic carbocycles. The van der Waals surface area contributed by atoms with Gasteiger partial charge in [0.1, 0.15) is 5.69 Å². The fourth-order valence-corrected chi connectivity index (χ4v) is 1.74. The normalized spacial score (nSPS) is 10.3. The molecule has 1 amide bonds. The van der Waals surface area contributed by atoms with Gasteiger partial charge in [-0.3, -0.25) is 19.5 Å². The molecule has 2 aromatic heterocycles. The second kappa shape index (κ2) is 5.19. The van der Waals surface area contributed by atoms with Crippen LogP contribution < -0.4 is 10.6 Å². The molecule has 0 saturated carbocycles. The van der Waals surface area contributed by atoms with E-state index < -0.39 is 0 Å². The highest BCUT2D eigenvalue weighted by atomic mass is 32.1. The molecule has 0 fully saturated rings. The second-order valence-electron chi connectivity index (χ2n) is 4.02. The van der Waals surface area contributed by atoms with Crippen LogP contribution in [0.2, 0.25) is 0 Å². The first-order valence-electron chi connectivity index (χ1n) is 5.58. The van der Waals surface area contributed by atoms with Gasteiger partial charge in [-0.1, -0.05) is 0 Å². The van der Waals surface area contributed by atoms with Crippen LogP contribution in [0.3, 0.4) is 0 Å². The number of aromatic nitrogens is 4. The molecule has 100 valence electrons. The zero-order valence-electron chi connectivity index (χ0n) is 10.8. The van der Waals surface area contributed by atoms with Crippen molar-refractivity contribution in [2.24, 2.45) is 14.1 Å². The van der Waals surface area contributed by atoms with Crippen LogP contribution in [0.25, 0.3) is 0 Å². The minimum absolute atomic E-state index is 0.224. The van der Waals surface area contributed by atoms with Crippen LogP contribution in [0.1, 0.15) is 16.2 Å². The maximum Gasteiger partial charge on any atom is 0.275 e. The van der Waals surface area contributed by atoms with Gasteiger partial charge in [-0.25, -0.2) is 0 Å². The van der Waals surface area contributed by atoms with Gasteiger partial charge in [-0.15, -0.1) is 0 Å². The third-order valence-electron chi connectivity index (χ3n) is 2.76. The van der Waals surface area contributed by atoms with Crippen LogP contribution in [0.4, 0.5) is 5.69 Å². The number of anilines is 1. The first-order chi connectivity index (χ1) is 8.99. The average molecular weight is 278 g/mol. The van der Waals surface area contributed by atoms with Crippen LogP contribution in [0.5, 0.6) is 0 Å². The quantitative estimate of drug-likeness (QED) is 0.786. The Kier molecular flexibility index (Phi) is 3.61. The van der Waals surface area contributed by atoms with Crippen LogP contribution in [0, 0.1) is 6.92 Å². The van der Waals surface area contributed by atoms with Gasteiger partial charge in [0.25, 0.3) is 5.91 Å². The van der Waals surface area contributed by atoms with Gasteiger partial charge in [0.2, 0.25) is 0 Å². The second-order valence-corrected chi connectivity index (χ2v) is 4.42. The van der Waals surface area contributed by atoms with Gasteiger partial charge < -0.3 is 5.32 Å². The number of thiocarbonyl (C=S) groups is 1. The zero-order chi connectivity index (χ0) is 14.0. The highest BCUT2D eigenvalue weighted by Crippen LogP contribution is 2.11. The van der Waals surface area contributed by atoms with Crippen LogP contribution in [-0.2, 0) is 14.1 Å². The van der Waals surface area contributed by atoms with E-state index in [0.717, 1.165) is 11.4 Å². The molecule has 0 bridgehead atoms. The van der Waals surface area contributed by atoms with Gasteiger partial charge in [-0.2, -0.15) is 10.2 Å². The molecule has 0 aliphatic rings. The van der Waals surface area contributed by atoms with E-state index in [9.17, 15) is 4.79 Å². The smallest absolute Gasteiger partial charge is 0.275 e. The third kappa shape index (κ3) is 2.79. The Balaban J connectivity index is 2.01. The van der Waals surface area contributed by atoms with Gasteiger partial charge in [0, 0.05) is 20.3 Å². The summed E-state index contributed by atoms with van der Waals surface area (Å²) >= 11 is 5.09. The summed E-state index contributed by atoms with van der Waals surface area (Å²) in [5.41, 5.74) is 2.13. The maximum absolute atomic E-state index is 11.9. The zero-order valence-corrected chi connectivity index (χ0v) is 11.7. The molecule has 19 heavy (non-hydrogen) atoms. The monoisotopic (exact) mass is 278 g/mol. The van der Waals surface area contributed by atoms with E-state index in [1.165, 1.54) is 4.68 Å². The Morgan fingerprint density at radius 1 is 1.32 bits per heavy atom. The average Bonchev–Trinajstić information content (AvgIpc) is 2.90. The lowest BCUT2D eigenvalue weighted by molar-refractivity contribution is 0.0968. The van der Waals surface area contributed by atoms with Crippen molar-refractivity contribution in [2.45, 2.75) is 6.92 Å². The summed E-state index contributed by atoms with van der Waals surface area (Å²) < 4.78 is 3.20. The van der Waals surface area contributed by atoms with E-state index in [0.29, 0.717) is 5.69 Å². The molecule has 8 heteroatoms. The Morgan fingerprint density at radius 2 is 2.05 bits per heavy atom. The SMILES string of the molecule is Cc1c(NC(=S)NC(=O)c2ccnn2C)cnn1C. The Labute approximate surface area is 115 Å². The molecular weight excluding hydrogens is 264 g/mol. The largest absolute Gasteiger partial charge is 0.330 e. The number of aryl methyl sites for hydroxylation is 2. The Hall–Kier alpha value is -2.22. The summed E-state index contributed by atoms with van der Waals surface area (Å²) in [6.07, 6.45) is 3.20. The number of hydrogen-bond donors (Lipinski definition) is 2. The molecule has 0 aliphatic heterocycles. The predicted octanol–water partition coefficient (Wildman–Crippen LogP) is 0.589. The first-order valence-corrected chi connectivity index (χ1v) is 5.99. The molecule has 2 heterocycles. The van der Waals surface area contributed by atoms with Crippen molar-refractivity contribution in [3.05, 3.63) is 29.8 Å². The van der Waals surface area contributed by atoms with Gasteiger partial charge in [0.05, 0.1) is 17.6 Å². The Bertz CT molecular complexity index is 629. The number of carbonyl (C=O) groups excluding carboxylic acids is 1. The van der Waals surface area contributed by atoms with Crippen LogP contribution in [0.15, 0.2) is 18.5 Å². The van der Waals surface area contributed by atoms with Crippen molar-refractivity contribution in [1.29, 1.82) is 0 Å². The van der Waals surface area contributed by atoms with Crippen molar-refractivity contribution in [3.63, 3.8) is 0 Å². The summed E-state index contributed by atoms with van der Waals surface area (Å²) in [6.45, 7) is 1.90. The highest BCUT2D eigenvalue weighted by molar-refractivity contribution is 7.80. The van der Waals surface area contributed by atoms with E-state index in [2.05, 4.69) is 20.8 Å². The molecular formula is C11H14N6OS. The van der Waals surface area contributed by atoms with Gasteiger partial charge >= 0.3 is 0 Å². The lowest BCUT2D eigenvalue weighted by Crippen LogP contribution is -2.35. The van der Waals surface area contributed by atoms with E-state index in [-0.39, 0.29) is 11.0 Å². The Morgan fingerprint density at radius 3 is 2.58 bits per heavy atom. The van der Waals surface area contributed by atoms with Crippen molar-refractivity contribution in [2.75, 3.05) is 5.32 Å². The summed E-state index contributed by atoms with van der Waals surface area (Å²) in [6, 6.07) is 1.62. The number of nitrogens with one attached hydrogen (secondary N) is 2. The van der Waals surface area contributed by atoms with Crippen molar-refractivity contribution < 1.29 is 4.79 Å². The molecule has 2 rings (SSSR count). The lowest BCUT2D eigenvalue weighted by atomic mass is 10.4.